The van der Waals surface area contributed by atoms with E-state index < -0.39 is 0 Å². The number of hydrogen-bond acceptors (Lipinski definition) is 2. The topological polar surface area (TPSA) is 24.1 Å². The van der Waals surface area contributed by atoms with Gasteiger partial charge in [-0.05, 0) is 65.6 Å². The van der Waals surface area contributed by atoms with E-state index >= 15 is 0 Å². The molecule has 1 atom stereocenters. The van der Waals surface area contributed by atoms with E-state index in [-0.39, 0.29) is 0 Å². The molecular weight excluding hydrogens is 160 g/mol. The summed E-state index contributed by atoms with van der Waals surface area (Å²) in [5.74, 6) is 0.918. The molecule has 0 radical (unpaired) electrons. The first-order valence-electron chi connectivity index (χ1n) is 5.54. The number of piperidine rings is 1. The summed E-state index contributed by atoms with van der Waals surface area (Å²) in [5, 5.41) is 6.83. The summed E-state index contributed by atoms with van der Waals surface area (Å²) in [6.07, 6.45) is 5.44. The van der Waals surface area contributed by atoms with Crippen molar-refractivity contribution in [3.05, 3.63) is 0 Å². The van der Waals surface area contributed by atoms with Crippen LogP contribution in [0.2, 0.25) is 0 Å². The second-order valence-electron chi connectivity index (χ2n) is 4.88. The lowest BCUT2D eigenvalue weighted by Crippen LogP contribution is -2.38. The second kappa shape index (κ2) is 4.97. The van der Waals surface area contributed by atoms with Gasteiger partial charge in [0.2, 0.25) is 0 Å². The van der Waals surface area contributed by atoms with Crippen LogP contribution in [0.3, 0.4) is 0 Å². The van der Waals surface area contributed by atoms with Crippen molar-refractivity contribution < 1.29 is 0 Å². The lowest BCUT2D eigenvalue weighted by molar-refractivity contribution is 0.297. The molecule has 0 bridgehead atoms. The van der Waals surface area contributed by atoms with Gasteiger partial charge in [-0.1, -0.05) is 0 Å². The number of nitrogens with one attached hydrogen (secondary N) is 2. The average Bonchev–Trinajstić information content (AvgIpc) is 2.17. The van der Waals surface area contributed by atoms with Gasteiger partial charge in [0.05, 0.1) is 0 Å². The van der Waals surface area contributed by atoms with Gasteiger partial charge in [0.1, 0.15) is 0 Å². The Morgan fingerprint density at radius 1 is 1.46 bits per heavy atom. The molecule has 0 amide bonds. The molecule has 0 aromatic heterocycles. The van der Waals surface area contributed by atoms with Gasteiger partial charge in [0, 0.05) is 5.54 Å². The molecule has 0 aliphatic carbocycles. The summed E-state index contributed by atoms with van der Waals surface area (Å²) in [4.78, 5) is 0. The molecule has 2 nitrogen and oxygen atoms in total. The van der Waals surface area contributed by atoms with Gasteiger partial charge in [-0.15, -0.1) is 0 Å². The van der Waals surface area contributed by atoms with Crippen LogP contribution in [0.15, 0.2) is 0 Å². The largest absolute Gasteiger partial charge is 0.316 e. The highest BCUT2D eigenvalue weighted by Gasteiger charge is 2.19. The molecule has 2 N–H and O–H groups in total. The molecule has 78 valence electrons. The van der Waals surface area contributed by atoms with Gasteiger partial charge >= 0.3 is 0 Å². The monoisotopic (exact) mass is 184 g/mol. The molecule has 0 aromatic rings. The Morgan fingerprint density at radius 2 is 2.23 bits per heavy atom. The summed E-state index contributed by atoms with van der Waals surface area (Å²) >= 11 is 0. The molecule has 1 saturated heterocycles. The van der Waals surface area contributed by atoms with Gasteiger partial charge in [-0.2, -0.15) is 0 Å². The lowest BCUT2D eigenvalue weighted by atomic mass is 9.88. The first kappa shape index (κ1) is 11.0. The maximum atomic E-state index is 3.47. The fourth-order valence-corrected chi connectivity index (χ4v) is 1.86. The molecule has 1 aliphatic rings. The first-order valence-corrected chi connectivity index (χ1v) is 5.54. The van der Waals surface area contributed by atoms with Crippen LogP contribution >= 0.6 is 0 Å². The van der Waals surface area contributed by atoms with Crippen LogP contribution in [0.4, 0.5) is 0 Å². The summed E-state index contributed by atoms with van der Waals surface area (Å²) < 4.78 is 0. The van der Waals surface area contributed by atoms with Gasteiger partial charge in [-0.3, -0.25) is 0 Å². The highest BCUT2D eigenvalue weighted by atomic mass is 14.9. The third-order valence-electron chi connectivity index (χ3n) is 3.25. The Hall–Kier alpha value is -0.0800. The van der Waals surface area contributed by atoms with E-state index in [9.17, 15) is 0 Å². The van der Waals surface area contributed by atoms with Crippen molar-refractivity contribution in [3.63, 3.8) is 0 Å². The average molecular weight is 184 g/mol. The van der Waals surface area contributed by atoms with Gasteiger partial charge in [0.25, 0.3) is 0 Å². The molecule has 1 aliphatic heterocycles. The Kier molecular flexibility index (Phi) is 4.20. The van der Waals surface area contributed by atoms with Crippen molar-refractivity contribution in [2.24, 2.45) is 5.92 Å². The fourth-order valence-electron chi connectivity index (χ4n) is 1.86. The summed E-state index contributed by atoms with van der Waals surface area (Å²) in [6, 6.07) is 0. The Labute approximate surface area is 82.5 Å². The normalized spacial score (nSPS) is 24.7. The van der Waals surface area contributed by atoms with Crippen LogP contribution in [-0.4, -0.2) is 25.7 Å². The minimum atomic E-state index is 0.317. The van der Waals surface area contributed by atoms with Crippen LogP contribution in [0.1, 0.15) is 39.5 Å². The Morgan fingerprint density at radius 3 is 2.77 bits per heavy atom. The highest BCUT2D eigenvalue weighted by Crippen LogP contribution is 2.20. The van der Waals surface area contributed by atoms with Crippen LogP contribution in [-0.2, 0) is 0 Å². The molecule has 13 heavy (non-hydrogen) atoms. The zero-order valence-electron chi connectivity index (χ0n) is 9.32. The van der Waals surface area contributed by atoms with Crippen molar-refractivity contribution in [2.75, 3.05) is 20.1 Å². The summed E-state index contributed by atoms with van der Waals surface area (Å²) in [6.45, 7) is 7.03. The number of rotatable bonds is 4. The van der Waals surface area contributed by atoms with Crippen LogP contribution in [0.25, 0.3) is 0 Å². The predicted octanol–water partition coefficient (Wildman–Crippen LogP) is 1.76. The van der Waals surface area contributed by atoms with E-state index in [2.05, 4.69) is 31.5 Å². The predicted molar refractivity (Wildman–Crippen MR) is 58.0 cm³/mol. The van der Waals surface area contributed by atoms with Crippen LogP contribution in [0.5, 0.6) is 0 Å². The van der Waals surface area contributed by atoms with Gasteiger partial charge in [0.15, 0.2) is 0 Å². The zero-order valence-corrected chi connectivity index (χ0v) is 9.32. The molecule has 1 unspecified atom stereocenters. The number of hydrogen-bond donors (Lipinski definition) is 2. The van der Waals surface area contributed by atoms with Gasteiger partial charge in [-0.25, -0.2) is 0 Å². The van der Waals surface area contributed by atoms with Gasteiger partial charge < -0.3 is 10.6 Å². The molecule has 0 spiro atoms. The molecule has 1 fully saturated rings. The van der Waals surface area contributed by atoms with E-state index in [4.69, 9.17) is 0 Å². The molecule has 0 aromatic carbocycles. The maximum Gasteiger partial charge on any atom is 0.0122 e. The molecule has 1 rings (SSSR count). The zero-order chi connectivity index (χ0) is 9.73. The van der Waals surface area contributed by atoms with E-state index in [1.54, 1.807) is 0 Å². The molecule has 0 saturated carbocycles. The van der Waals surface area contributed by atoms with E-state index in [0.717, 1.165) is 5.92 Å². The Bertz CT molecular complexity index is 137. The minimum absolute atomic E-state index is 0.317. The quantitative estimate of drug-likeness (QED) is 0.696. The maximum absolute atomic E-state index is 3.47. The van der Waals surface area contributed by atoms with Crippen molar-refractivity contribution in [3.8, 4) is 0 Å². The van der Waals surface area contributed by atoms with Crippen molar-refractivity contribution in [1.29, 1.82) is 0 Å². The van der Waals surface area contributed by atoms with Crippen molar-refractivity contribution in [1.82, 2.24) is 10.6 Å². The third kappa shape index (κ3) is 4.10. The van der Waals surface area contributed by atoms with Crippen molar-refractivity contribution in [2.45, 2.75) is 45.1 Å². The minimum Gasteiger partial charge on any atom is -0.316 e. The Balaban J connectivity index is 2.17. The lowest BCUT2D eigenvalue weighted by Gasteiger charge is -2.28. The summed E-state index contributed by atoms with van der Waals surface area (Å²) in [7, 11) is 2.05. The summed E-state index contributed by atoms with van der Waals surface area (Å²) in [5.41, 5.74) is 0.317. The molecule has 2 heteroatoms. The van der Waals surface area contributed by atoms with Crippen LogP contribution in [0, 0.1) is 5.92 Å². The van der Waals surface area contributed by atoms with Crippen molar-refractivity contribution >= 4 is 0 Å². The smallest absolute Gasteiger partial charge is 0.0122 e. The fraction of sp³-hybridized carbons (Fsp3) is 1.00. The standard InChI is InChI=1S/C11H24N2/c1-11(2,12-3)7-6-10-5-4-8-13-9-10/h10,12-13H,4-9H2,1-3H3. The second-order valence-corrected chi connectivity index (χ2v) is 4.88. The SMILES string of the molecule is CNC(C)(C)CCC1CCCNC1. The van der Waals surface area contributed by atoms with E-state index in [1.165, 1.54) is 38.8 Å². The van der Waals surface area contributed by atoms with E-state index in [1.807, 2.05) is 0 Å². The first-order chi connectivity index (χ1) is 6.14. The van der Waals surface area contributed by atoms with E-state index in [0.29, 0.717) is 5.54 Å². The molecule has 1 heterocycles. The molecular formula is C11H24N2. The van der Waals surface area contributed by atoms with Crippen LogP contribution < -0.4 is 10.6 Å². The third-order valence-corrected chi connectivity index (χ3v) is 3.25. The highest BCUT2D eigenvalue weighted by molar-refractivity contribution is 4.78.